The Bertz CT molecular complexity index is 1540. The number of nitrogens with one attached hydrogen (secondary N) is 1. The number of benzene rings is 1. The Morgan fingerprint density at radius 3 is 2.70 bits per heavy atom. The molecule has 5 atom stereocenters. The molecule has 1 aromatic heterocycles. The van der Waals surface area contributed by atoms with Crippen LogP contribution in [0.1, 0.15) is 30.7 Å². The van der Waals surface area contributed by atoms with Crippen LogP contribution in [0, 0.1) is 5.92 Å². The summed E-state index contributed by atoms with van der Waals surface area (Å²) < 4.78 is 15.7. The number of Topliss-reactive ketones (excluding diaryl/α,β-unsaturated/α-hetero) is 1. The lowest BCUT2D eigenvalue weighted by Gasteiger charge is -2.46. The first-order chi connectivity index (χ1) is 22.2. The largest absolute Gasteiger partial charge is 0.497 e. The van der Waals surface area contributed by atoms with Gasteiger partial charge in [0.2, 0.25) is 11.5 Å². The van der Waals surface area contributed by atoms with Crippen LogP contribution in [-0.2, 0) is 30.6 Å². The van der Waals surface area contributed by atoms with Crippen molar-refractivity contribution < 1.29 is 38.3 Å². The average molecular weight is 672 g/mol. The number of piperidine rings is 1. The number of aromatic nitrogens is 2. The zero-order chi connectivity index (χ0) is 32.8. The van der Waals surface area contributed by atoms with E-state index in [4.69, 9.17) is 20.0 Å². The molecule has 5 rings (SSSR count). The van der Waals surface area contributed by atoms with Gasteiger partial charge < -0.3 is 35.0 Å². The predicted molar refractivity (Wildman–Crippen MR) is 174 cm³/mol. The lowest BCUT2D eigenvalue weighted by atomic mass is 9.71. The van der Waals surface area contributed by atoms with Crippen molar-refractivity contribution in [3.8, 4) is 5.75 Å². The van der Waals surface area contributed by atoms with E-state index < -0.39 is 23.8 Å². The van der Waals surface area contributed by atoms with Crippen molar-refractivity contribution in [2.45, 2.75) is 43.2 Å². The van der Waals surface area contributed by atoms with Crippen LogP contribution in [0.5, 0.6) is 5.75 Å². The molecule has 13 nitrogen and oxygen atoms in total. The Morgan fingerprint density at radius 2 is 2.02 bits per heavy atom. The van der Waals surface area contributed by atoms with E-state index in [1.807, 2.05) is 24.3 Å². The third-order valence-electron chi connectivity index (χ3n) is 8.84. The van der Waals surface area contributed by atoms with E-state index in [-0.39, 0.29) is 47.0 Å². The summed E-state index contributed by atoms with van der Waals surface area (Å²) >= 11 is 2.40. The smallest absolute Gasteiger partial charge is 0.335 e. The van der Waals surface area contributed by atoms with Crippen LogP contribution >= 0.6 is 23.3 Å². The van der Waals surface area contributed by atoms with Crippen LogP contribution in [0.3, 0.4) is 0 Å². The van der Waals surface area contributed by atoms with E-state index in [1.165, 1.54) is 18.9 Å². The monoisotopic (exact) mass is 671 g/mol. The highest BCUT2D eigenvalue weighted by Gasteiger charge is 2.56. The molecule has 1 amide bonds. The number of aliphatic hydroxyl groups excluding tert-OH is 1. The molecule has 1 saturated carbocycles. The minimum absolute atomic E-state index is 0.00918. The van der Waals surface area contributed by atoms with Gasteiger partial charge >= 0.3 is 5.97 Å². The normalized spacial score (nSPS) is 26.3. The maximum Gasteiger partial charge on any atom is 0.335 e. The molecule has 0 bridgehead atoms. The van der Waals surface area contributed by atoms with E-state index in [9.17, 15) is 19.5 Å². The van der Waals surface area contributed by atoms with Crippen LogP contribution in [0.25, 0.3) is 0 Å². The number of aliphatic hydroxyl groups is 1. The Kier molecular flexibility index (Phi) is 10.8. The molecule has 2 fully saturated rings. The summed E-state index contributed by atoms with van der Waals surface area (Å²) in [5.74, 6) is -1.19. The van der Waals surface area contributed by atoms with Crippen molar-refractivity contribution in [1.82, 2.24) is 14.7 Å². The number of nitrogen functional groups attached to an aromatic ring is 1. The lowest BCUT2D eigenvalue weighted by molar-refractivity contribution is -0.933. The number of likely N-dealkylation sites (N-methyl/N-ethyl adjacent to an activating group) is 1. The fourth-order valence-corrected chi connectivity index (χ4v) is 8.09. The second-order valence-electron chi connectivity index (χ2n) is 11.7. The minimum Gasteiger partial charge on any atom is -0.497 e. The molecule has 3 aliphatic rings. The first-order valence-electron chi connectivity index (χ1n) is 15.0. The van der Waals surface area contributed by atoms with Gasteiger partial charge in [0.15, 0.2) is 10.9 Å². The van der Waals surface area contributed by atoms with E-state index in [0.29, 0.717) is 28.1 Å². The third kappa shape index (κ3) is 7.12. The quantitative estimate of drug-likeness (QED) is 0.130. The molecule has 1 aliphatic carbocycles. The number of esters is 1. The average Bonchev–Trinajstić information content (AvgIpc) is 3.50. The van der Waals surface area contributed by atoms with Gasteiger partial charge in [0.05, 0.1) is 45.3 Å². The molecule has 246 valence electrons. The second kappa shape index (κ2) is 14.8. The van der Waals surface area contributed by atoms with Crippen molar-refractivity contribution in [2.24, 2.45) is 11.1 Å². The van der Waals surface area contributed by atoms with Gasteiger partial charge in [0.1, 0.15) is 31.5 Å². The van der Waals surface area contributed by atoms with Gasteiger partial charge in [-0.25, -0.2) is 4.79 Å². The molecule has 2 aromatic rings. The number of ketones is 1. The zero-order valence-electron chi connectivity index (χ0n) is 26.0. The number of ether oxygens (including phenoxy) is 2. The van der Waals surface area contributed by atoms with Crippen molar-refractivity contribution in [3.63, 3.8) is 0 Å². The van der Waals surface area contributed by atoms with E-state index >= 15 is 0 Å². The van der Waals surface area contributed by atoms with E-state index in [0.717, 1.165) is 48.5 Å². The van der Waals surface area contributed by atoms with Crippen LogP contribution in [0.4, 0.5) is 5.13 Å². The van der Waals surface area contributed by atoms with E-state index in [2.05, 4.69) is 26.9 Å². The van der Waals surface area contributed by atoms with Gasteiger partial charge in [0.25, 0.3) is 5.91 Å². The van der Waals surface area contributed by atoms with Crippen molar-refractivity contribution in [3.05, 3.63) is 59.0 Å². The summed E-state index contributed by atoms with van der Waals surface area (Å²) in [7, 11) is 5.01. The number of allylic oxidation sites excluding steroid dienone is 1. The minimum atomic E-state index is -0.862. The van der Waals surface area contributed by atoms with Crippen LogP contribution < -0.4 is 15.8 Å². The summed E-state index contributed by atoms with van der Waals surface area (Å²) in [4.78, 5) is 49.3. The molecule has 15 heteroatoms. The number of anilines is 1. The van der Waals surface area contributed by atoms with E-state index in [1.54, 1.807) is 19.2 Å². The number of hydrogen-bond acceptors (Lipinski definition) is 13. The van der Waals surface area contributed by atoms with Crippen molar-refractivity contribution in [1.29, 1.82) is 0 Å². The third-order valence-corrected chi connectivity index (χ3v) is 10.8. The number of nitrogens with zero attached hydrogens (tertiary/aromatic N) is 4. The number of likely N-dealkylation sites (tertiary alicyclic amines) is 1. The summed E-state index contributed by atoms with van der Waals surface area (Å²) in [6.07, 6.45) is 7.11. The number of nitrogens with two attached hydrogens (primary N) is 1. The van der Waals surface area contributed by atoms with Crippen LogP contribution in [0.2, 0.25) is 0 Å². The number of thioether (sulfide) groups is 1. The van der Waals surface area contributed by atoms with Crippen LogP contribution in [-0.4, -0.2) is 106 Å². The highest BCUT2D eigenvalue weighted by molar-refractivity contribution is 8.00. The highest BCUT2D eigenvalue weighted by atomic mass is 32.2. The molecule has 3 unspecified atom stereocenters. The fraction of sp³-hybridized carbons (Fsp3) is 0.484. The number of amides is 1. The molecule has 46 heavy (non-hydrogen) atoms. The fourth-order valence-electron chi connectivity index (χ4n) is 6.18. The molecule has 4 N–H and O–H groups in total. The molecule has 3 heterocycles. The summed E-state index contributed by atoms with van der Waals surface area (Å²) in [6, 6.07) is 6.49. The highest BCUT2D eigenvalue weighted by Crippen LogP contribution is 2.46. The van der Waals surface area contributed by atoms with Gasteiger partial charge in [-0.3, -0.25) is 9.59 Å². The van der Waals surface area contributed by atoms with Gasteiger partial charge in [-0.05, 0) is 42.2 Å². The number of oxime groups is 1. The first kappa shape index (κ1) is 33.6. The topological polar surface area (TPSA) is 175 Å². The number of fused-ring (bicyclic) bond motifs is 1. The summed E-state index contributed by atoms with van der Waals surface area (Å²) in [5.41, 5.74) is 7.27. The standard InChI is InChI=1S/C31H38N6O7S2/c1-37(13-5-4-8-20(37)15-38)14-6-7-19-17-45-27-23(22(19)30(41)44-16-18-9-11-21(42-2)12-10-18)26(39)24(27)33-29(40)25(35-43-3)28-34-31(32)46-36-28/h6-7,9-12,20,23-24,27,38H,4-5,8,13-17H2,1-3H3,(H2-,32,33,34,36,40)/p+1/b7-6+,35-25-/t20?,23?,24-,27+,37?/m1/s1. The van der Waals surface area contributed by atoms with Crippen LogP contribution in [0.15, 0.2) is 52.7 Å². The molecule has 1 aromatic carbocycles. The van der Waals surface area contributed by atoms with Crippen molar-refractivity contribution >= 4 is 51.8 Å². The molecular formula is C31H39N6O7S2+. The first-order valence-corrected chi connectivity index (χ1v) is 16.8. The van der Waals surface area contributed by atoms with Crippen molar-refractivity contribution in [2.75, 3.05) is 52.5 Å². The Morgan fingerprint density at radius 1 is 1.24 bits per heavy atom. The molecule has 1 saturated heterocycles. The maximum atomic E-state index is 13.7. The predicted octanol–water partition coefficient (Wildman–Crippen LogP) is 1.87. The zero-order valence-corrected chi connectivity index (χ0v) is 27.6. The lowest BCUT2D eigenvalue weighted by Crippen LogP contribution is -2.66. The summed E-state index contributed by atoms with van der Waals surface area (Å²) in [6.45, 7) is 1.79. The Balaban J connectivity index is 1.36. The number of carbonyl (C=O) groups is 3. The molecule has 2 aliphatic heterocycles. The number of hydrogen-bond donors (Lipinski definition) is 3. The van der Waals surface area contributed by atoms with Gasteiger partial charge in [-0.2, -0.15) is 21.1 Å². The Labute approximate surface area is 275 Å². The Hall–Kier alpha value is -3.79. The number of quaternary nitrogens is 1. The maximum absolute atomic E-state index is 13.7. The molecular weight excluding hydrogens is 633 g/mol. The second-order valence-corrected chi connectivity index (χ2v) is 13.6. The molecule has 0 spiro atoms. The number of carbonyl (C=O) groups excluding carboxylic acids is 3. The molecule has 0 radical (unpaired) electrons. The van der Waals surface area contributed by atoms with Gasteiger partial charge in [-0.15, -0.1) is 0 Å². The summed E-state index contributed by atoms with van der Waals surface area (Å²) in [5, 5.41) is 16.2. The van der Waals surface area contributed by atoms with Gasteiger partial charge in [-0.1, -0.05) is 23.4 Å². The SMILES string of the molecule is CO/N=C(\C(=O)N[C@@H]1C(=O)C2C(C(=O)OCc3ccc(OC)cc3)=C(/C=C/C[N+]3(C)CCCCC3CO)CS[C@@H]21)c1nsc(N)n1. The number of methoxy groups -OCH3 is 1. The number of rotatable bonds is 12. The van der Waals surface area contributed by atoms with Gasteiger partial charge in [0, 0.05) is 29.0 Å².